The quantitative estimate of drug-likeness (QED) is 0.535. The molecular weight excluding hydrogens is 294 g/mol. The van der Waals surface area contributed by atoms with Crippen LogP contribution < -0.4 is 5.32 Å². The number of amides is 1. The Kier molecular flexibility index (Phi) is 12.1. The molecule has 0 heterocycles. The Morgan fingerprint density at radius 3 is 2.22 bits per heavy atom. The molecule has 0 aromatic rings. The van der Waals surface area contributed by atoms with Gasteiger partial charge in [0.2, 0.25) is 0 Å². The summed E-state index contributed by atoms with van der Waals surface area (Å²) in [6, 6.07) is 0. The van der Waals surface area contributed by atoms with Crippen molar-refractivity contribution in [2.45, 2.75) is 52.1 Å². The lowest BCUT2D eigenvalue weighted by molar-refractivity contribution is 0.0527. The Morgan fingerprint density at radius 2 is 1.65 bits per heavy atom. The van der Waals surface area contributed by atoms with Gasteiger partial charge in [-0.05, 0) is 54.3 Å². The smallest absolute Gasteiger partial charge is 0.407 e. The summed E-state index contributed by atoms with van der Waals surface area (Å²) in [7, 11) is 4.13. The van der Waals surface area contributed by atoms with Crippen molar-refractivity contribution < 1.29 is 14.6 Å². The molecule has 6 nitrogen and oxygen atoms in total. The molecule has 2 N–H and O–H groups in total. The summed E-state index contributed by atoms with van der Waals surface area (Å²) < 4.78 is 5.19. The van der Waals surface area contributed by atoms with Crippen molar-refractivity contribution in [3.63, 3.8) is 0 Å². The van der Waals surface area contributed by atoms with Crippen LogP contribution in [0.15, 0.2) is 0 Å². The number of alkyl carbamates (subject to hydrolysis) is 1. The van der Waals surface area contributed by atoms with Crippen molar-refractivity contribution in [3.8, 4) is 0 Å². The predicted molar refractivity (Wildman–Crippen MR) is 94.8 cm³/mol. The van der Waals surface area contributed by atoms with E-state index in [-0.39, 0.29) is 12.7 Å². The molecule has 0 unspecified atom stereocenters. The predicted octanol–water partition coefficient (Wildman–Crippen LogP) is 1.93. The maximum absolute atomic E-state index is 11.5. The summed E-state index contributed by atoms with van der Waals surface area (Å²) in [6.45, 7) is 10.2. The number of nitrogens with one attached hydrogen (secondary N) is 1. The second-order valence-corrected chi connectivity index (χ2v) is 7.21. The lowest BCUT2D eigenvalue weighted by atomic mass is 10.2. The van der Waals surface area contributed by atoms with Crippen LogP contribution in [-0.4, -0.2) is 80.0 Å². The highest BCUT2D eigenvalue weighted by atomic mass is 16.6. The highest BCUT2D eigenvalue weighted by Gasteiger charge is 2.15. The summed E-state index contributed by atoms with van der Waals surface area (Å²) in [6.07, 6.45) is 3.99. The van der Waals surface area contributed by atoms with Gasteiger partial charge in [-0.25, -0.2) is 4.79 Å². The van der Waals surface area contributed by atoms with Crippen LogP contribution in [0.2, 0.25) is 0 Å². The van der Waals surface area contributed by atoms with E-state index in [0.29, 0.717) is 6.54 Å². The summed E-state index contributed by atoms with van der Waals surface area (Å²) in [5, 5.41) is 11.9. The lowest BCUT2D eigenvalue weighted by Crippen LogP contribution is -2.34. The summed E-state index contributed by atoms with van der Waals surface area (Å²) in [4.78, 5) is 15.9. The van der Waals surface area contributed by atoms with E-state index in [9.17, 15) is 4.79 Å². The van der Waals surface area contributed by atoms with Crippen LogP contribution in [0.1, 0.15) is 46.5 Å². The number of carbonyl (C=O) groups excluding carboxylic acids is 1. The van der Waals surface area contributed by atoms with Crippen LogP contribution in [0.4, 0.5) is 4.79 Å². The van der Waals surface area contributed by atoms with Gasteiger partial charge >= 0.3 is 6.09 Å². The highest BCUT2D eigenvalue weighted by Crippen LogP contribution is 2.06. The second-order valence-electron chi connectivity index (χ2n) is 7.21. The number of rotatable bonds is 12. The minimum Gasteiger partial charge on any atom is -0.444 e. The first kappa shape index (κ1) is 22.1. The minimum atomic E-state index is -0.438. The molecule has 0 rings (SSSR count). The van der Waals surface area contributed by atoms with Crippen molar-refractivity contribution in [1.82, 2.24) is 15.1 Å². The molecule has 0 aliphatic rings. The second kappa shape index (κ2) is 12.6. The number of aliphatic hydroxyl groups excluding tert-OH is 1. The van der Waals surface area contributed by atoms with Crippen LogP contribution in [0.5, 0.6) is 0 Å². The van der Waals surface area contributed by atoms with Gasteiger partial charge in [-0.2, -0.15) is 0 Å². The molecule has 0 fully saturated rings. The van der Waals surface area contributed by atoms with Crippen LogP contribution in [0.25, 0.3) is 0 Å². The number of aliphatic hydroxyl groups is 1. The summed E-state index contributed by atoms with van der Waals surface area (Å²) in [5.41, 5.74) is -0.438. The minimum absolute atomic E-state index is 0.216. The van der Waals surface area contributed by atoms with Crippen molar-refractivity contribution in [3.05, 3.63) is 0 Å². The average molecular weight is 332 g/mol. The number of ether oxygens (including phenoxy) is 1. The average Bonchev–Trinajstić information content (AvgIpc) is 2.41. The van der Waals surface area contributed by atoms with Crippen molar-refractivity contribution in [1.29, 1.82) is 0 Å². The normalized spacial score (nSPS) is 12.0. The number of nitrogens with zero attached hydrogens (tertiary/aromatic N) is 2. The fraction of sp³-hybridized carbons (Fsp3) is 0.941. The molecule has 0 aliphatic heterocycles. The van der Waals surface area contributed by atoms with E-state index in [0.717, 1.165) is 51.9 Å². The van der Waals surface area contributed by atoms with E-state index < -0.39 is 5.60 Å². The van der Waals surface area contributed by atoms with Crippen molar-refractivity contribution in [2.75, 3.05) is 53.4 Å². The van der Waals surface area contributed by atoms with Gasteiger partial charge < -0.3 is 20.1 Å². The van der Waals surface area contributed by atoms with Gasteiger partial charge in [0.1, 0.15) is 5.60 Å². The van der Waals surface area contributed by atoms with Crippen LogP contribution in [0.3, 0.4) is 0 Å². The number of likely N-dealkylation sites (N-methyl/N-ethyl adjacent to an activating group) is 1. The molecule has 0 aromatic heterocycles. The van der Waals surface area contributed by atoms with E-state index in [1.807, 2.05) is 20.8 Å². The van der Waals surface area contributed by atoms with E-state index in [1.165, 1.54) is 0 Å². The largest absolute Gasteiger partial charge is 0.444 e. The summed E-state index contributed by atoms with van der Waals surface area (Å²) >= 11 is 0. The molecule has 0 saturated heterocycles. The Balaban J connectivity index is 3.60. The molecule has 6 heteroatoms. The number of hydrogen-bond acceptors (Lipinski definition) is 5. The molecule has 1 amide bonds. The zero-order valence-corrected chi connectivity index (χ0v) is 15.7. The lowest BCUT2D eigenvalue weighted by Gasteiger charge is -2.23. The number of hydrogen-bond donors (Lipinski definition) is 2. The molecule has 0 aliphatic carbocycles. The Morgan fingerprint density at radius 1 is 1.00 bits per heavy atom. The molecular formula is C17H37N3O3. The highest BCUT2D eigenvalue weighted by molar-refractivity contribution is 5.67. The molecule has 0 atom stereocenters. The van der Waals surface area contributed by atoms with Crippen molar-refractivity contribution >= 4 is 6.09 Å². The van der Waals surface area contributed by atoms with Gasteiger partial charge in [0.05, 0.1) is 6.61 Å². The molecule has 138 valence electrons. The first-order valence-corrected chi connectivity index (χ1v) is 8.69. The van der Waals surface area contributed by atoms with E-state index in [2.05, 4.69) is 29.2 Å². The van der Waals surface area contributed by atoms with Gasteiger partial charge in [0, 0.05) is 26.2 Å². The van der Waals surface area contributed by atoms with Crippen LogP contribution in [-0.2, 0) is 4.74 Å². The van der Waals surface area contributed by atoms with Crippen molar-refractivity contribution in [2.24, 2.45) is 0 Å². The Bertz CT molecular complexity index is 304. The van der Waals surface area contributed by atoms with Gasteiger partial charge in [-0.15, -0.1) is 0 Å². The molecule has 0 saturated carbocycles. The van der Waals surface area contributed by atoms with Gasteiger partial charge in [0.25, 0.3) is 0 Å². The number of carbonyl (C=O) groups is 1. The zero-order valence-electron chi connectivity index (χ0n) is 15.7. The van der Waals surface area contributed by atoms with E-state index >= 15 is 0 Å². The molecule has 0 aromatic carbocycles. The fourth-order valence-electron chi connectivity index (χ4n) is 2.14. The first-order valence-electron chi connectivity index (χ1n) is 8.69. The van der Waals surface area contributed by atoms with Crippen LogP contribution >= 0.6 is 0 Å². The SMILES string of the molecule is CN(C)CCN(CCO)CCCCCCNC(=O)OC(C)(C)C. The Labute approximate surface area is 142 Å². The fourth-order valence-corrected chi connectivity index (χ4v) is 2.14. The third kappa shape index (κ3) is 15.8. The molecule has 0 spiro atoms. The van der Waals surface area contributed by atoms with Gasteiger partial charge in [-0.1, -0.05) is 12.8 Å². The van der Waals surface area contributed by atoms with Crippen LogP contribution in [0, 0.1) is 0 Å². The zero-order chi connectivity index (χ0) is 17.7. The van der Waals surface area contributed by atoms with E-state index in [1.54, 1.807) is 0 Å². The van der Waals surface area contributed by atoms with Gasteiger partial charge in [-0.3, -0.25) is 4.90 Å². The third-order valence-electron chi connectivity index (χ3n) is 3.35. The first-order chi connectivity index (χ1) is 10.7. The Hall–Kier alpha value is -0.850. The molecule has 23 heavy (non-hydrogen) atoms. The third-order valence-corrected chi connectivity index (χ3v) is 3.35. The maximum Gasteiger partial charge on any atom is 0.407 e. The maximum atomic E-state index is 11.5. The monoisotopic (exact) mass is 331 g/mol. The molecule has 0 radical (unpaired) electrons. The van der Waals surface area contributed by atoms with E-state index in [4.69, 9.17) is 9.84 Å². The topological polar surface area (TPSA) is 65.0 Å². The number of unbranched alkanes of at least 4 members (excludes halogenated alkanes) is 3. The summed E-state index contributed by atoms with van der Waals surface area (Å²) in [5.74, 6) is 0. The van der Waals surface area contributed by atoms with Gasteiger partial charge in [0.15, 0.2) is 0 Å². The standard InChI is InChI=1S/C17H37N3O3/c1-17(2,3)23-16(22)18-10-8-6-7-9-11-20(14-15-21)13-12-19(4)5/h21H,6-15H2,1-5H3,(H,18,22). The molecule has 0 bridgehead atoms.